The zero-order chi connectivity index (χ0) is 28.0. The number of rotatable bonds is 19. The van der Waals surface area contributed by atoms with Crippen molar-refractivity contribution >= 4 is 52.7 Å². The van der Waals surface area contributed by atoms with Crippen molar-refractivity contribution in [2.75, 3.05) is 18.2 Å². The molecule has 0 saturated heterocycles. The summed E-state index contributed by atoms with van der Waals surface area (Å²) >= 11 is 1.58. The lowest BCUT2D eigenvalue weighted by atomic mass is 9.98. The van der Waals surface area contributed by atoms with Crippen molar-refractivity contribution in [3.8, 4) is 0 Å². The van der Waals surface area contributed by atoms with E-state index in [-0.39, 0.29) is 49.1 Å². The Morgan fingerprint density at radius 3 is 2.11 bits per heavy atom. The summed E-state index contributed by atoms with van der Waals surface area (Å²) < 4.78 is 0. The fourth-order valence-electron chi connectivity index (χ4n) is 3.56. The van der Waals surface area contributed by atoms with Gasteiger partial charge in [0.15, 0.2) is 5.78 Å². The van der Waals surface area contributed by atoms with Crippen molar-refractivity contribution < 1.29 is 33.6 Å². The van der Waals surface area contributed by atoms with Crippen molar-refractivity contribution in [1.82, 2.24) is 15.5 Å². The second-order valence-electron chi connectivity index (χ2n) is 9.46. The summed E-state index contributed by atoms with van der Waals surface area (Å²) in [6.07, 6.45) is 5.57. The topological polar surface area (TPSA) is 147 Å². The molecule has 4 amide bonds. The standard InChI is InChI=1S/C26H39N3O7S/c1-17(14-21(31)11-12-29-23(33)9-10-24(29)34)26(36)28-20(4)22(32)15-18(2)25(35)27-16-37-13-7-5-6-8-19(3)30/h9-10,17-18,20H,5-8,11-16H2,1-4H3,(H,27,35)(H,28,36). The highest BCUT2D eigenvalue weighted by Gasteiger charge is 2.26. The van der Waals surface area contributed by atoms with Crippen molar-refractivity contribution in [3.63, 3.8) is 0 Å². The molecule has 0 aliphatic carbocycles. The first-order valence-corrected chi connectivity index (χ1v) is 13.8. The van der Waals surface area contributed by atoms with E-state index in [2.05, 4.69) is 10.6 Å². The molecule has 0 spiro atoms. The van der Waals surface area contributed by atoms with E-state index in [0.717, 1.165) is 42.1 Å². The monoisotopic (exact) mass is 537 g/mol. The Hall–Kier alpha value is -2.82. The number of carbonyl (C=O) groups is 7. The van der Waals surface area contributed by atoms with E-state index in [1.807, 2.05) is 0 Å². The molecule has 0 aromatic heterocycles. The molecule has 0 fully saturated rings. The summed E-state index contributed by atoms with van der Waals surface area (Å²) in [4.78, 5) is 84.4. The van der Waals surface area contributed by atoms with E-state index >= 15 is 0 Å². The van der Waals surface area contributed by atoms with Crippen LogP contribution in [0, 0.1) is 11.8 Å². The molecule has 0 saturated carbocycles. The molecule has 1 heterocycles. The predicted octanol–water partition coefficient (Wildman–Crippen LogP) is 1.95. The molecule has 206 valence electrons. The summed E-state index contributed by atoms with van der Waals surface area (Å²) in [6.45, 7) is 6.31. The van der Waals surface area contributed by atoms with Crippen LogP contribution in [0.25, 0.3) is 0 Å². The predicted molar refractivity (Wildman–Crippen MR) is 140 cm³/mol. The van der Waals surface area contributed by atoms with Gasteiger partial charge in [-0.15, -0.1) is 11.8 Å². The van der Waals surface area contributed by atoms with Gasteiger partial charge in [0.2, 0.25) is 11.8 Å². The first-order valence-electron chi connectivity index (χ1n) is 12.7. The fraction of sp³-hybridized carbons (Fsp3) is 0.654. The van der Waals surface area contributed by atoms with Gasteiger partial charge in [0.25, 0.3) is 11.8 Å². The van der Waals surface area contributed by atoms with Gasteiger partial charge in [0.05, 0.1) is 11.9 Å². The average Bonchev–Trinajstić information content (AvgIpc) is 3.15. The molecule has 37 heavy (non-hydrogen) atoms. The number of nitrogens with one attached hydrogen (secondary N) is 2. The smallest absolute Gasteiger partial charge is 0.253 e. The average molecular weight is 538 g/mol. The van der Waals surface area contributed by atoms with Crippen LogP contribution in [0.5, 0.6) is 0 Å². The number of Topliss-reactive ketones (excluding diaryl/α,β-unsaturated/α-hetero) is 3. The summed E-state index contributed by atoms with van der Waals surface area (Å²) in [5, 5.41) is 5.40. The Kier molecular flexibility index (Phi) is 14.7. The van der Waals surface area contributed by atoms with Gasteiger partial charge in [-0.05, 0) is 32.4 Å². The summed E-state index contributed by atoms with van der Waals surface area (Å²) in [6, 6.07) is -0.810. The van der Waals surface area contributed by atoms with E-state index < -0.39 is 35.6 Å². The van der Waals surface area contributed by atoms with Crippen LogP contribution in [-0.4, -0.2) is 70.1 Å². The van der Waals surface area contributed by atoms with E-state index in [1.165, 1.54) is 0 Å². The highest BCUT2D eigenvalue weighted by Crippen LogP contribution is 2.11. The van der Waals surface area contributed by atoms with Gasteiger partial charge in [0.1, 0.15) is 11.6 Å². The number of hydrogen-bond donors (Lipinski definition) is 2. The molecule has 3 atom stereocenters. The third-order valence-corrected chi connectivity index (χ3v) is 6.88. The minimum atomic E-state index is -0.810. The maximum atomic E-state index is 12.5. The van der Waals surface area contributed by atoms with Gasteiger partial charge in [0, 0.05) is 56.2 Å². The van der Waals surface area contributed by atoms with Crippen LogP contribution >= 0.6 is 11.8 Å². The second kappa shape index (κ2) is 16.8. The van der Waals surface area contributed by atoms with Crippen LogP contribution in [0.15, 0.2) is 12.2 Å². The number of ketones is 3. The zero-order valence-electron chi connectivity index (χ0n) is 22.2. The van der Waals surface area contributed by atoms with Crippen LogP contribution in [0.4, 0.5) is 0 Å². The van der Waals surface area contributed by atoms with Crippen LogP contribution in [0.2, 0.25) is 0 Å². The molecule has 1 aliphatic heterocycles. The summed E-state index contributed by atoms with van der Waals surface area (Å²) in [5.74, 6) is -1.90. The lowest BCUT2D eigenvalue weighted by Crippen LogP contribution is -2.43. The Morgan fingerprint density at radius 2 is 1.49 bits per heavy atom. The molecule has 0 aromatic carbocycles. The van der Waals surface area contributed by atoms with Crippen molar-refractivity contribution in [1.29, 1.82) is 0 Å². The molecular weight excluding hydrogens is 498 g/mol. The van der Waals surface area contributed by atoms with E-state index in [9.17, 15) is 33.6 Å². The third kappa shape index (κ3) is 12.8. The molecule has 2 N–H and O–H groups in total. The number of unbranched alkanes of at least 4 members (excludes halogenated alkanes) is 2. The van der Waals surface area contributed by atoms with Gasteiger partial charge in [-0.25, -0.2) is 0 Å². The van der Waals surface area contributed by atoms with Crippen molar-refractivity contribution in [2.24, 2.45) is 11.8 Å². The molecule has 0 aromatic rings. The van der Waals surface area contributed by atoms with Crippen LogP contribution in [0.3, 0.4) is 0 Å². The minimum Gasteiger partial charge on any atom is -0.347 e. The largest absolute Gasteiger partial charge is 0.347 e. The van der Waals surface area contributed by atoms with E-state index in [1.54, 1.807) is 39.5 Å². The number of hydrogen-bond acceptors (Lipinski definition) is 8. The molecule has 0 radical (unpaired) electrons. The van der Waals surface area contributed by atoms with Gasteiger partial charge < -0.3 is 15.4 Å². The van der Waals surface area contributed by atoms with E-state index in [0.29, 0.717) is 12.3 Å². The van der Waals surface area contributed by atoms with Crippen molar-refractivity contribution in [2.45, 2.75) is 78.7 Å². The Balaban J connectivity index is 2.26. The molecule has 10 nitrogen and oxygen atoms in total. The molecular formula is C26H39N3O7S. The lowest BCUT2D eigenvalue weighted by molar-refractivity contribution is -0.137. The zero-order valence-corrected chi connectivity index (χ0v) is 23.0. The second-order valence-corrected chi connectivity index (χ2v) is 10.6. The Bertz CT molecular complexity index is 885. The highest BCUT2D eigenvalue weighted by molar-refractivity contribution is 7.99. The quantitative estimate of drug-likeness (QED) is 0.144. The van der Waals surface area contributed by atoms with Crippen LogP contribution < -0.4 is 10.6 Å². The van der Waals surface area contributed by atoms with Crippen LogP contribution in [-0.2, 0) is 33.6 Å². The molecule has 3 unspecified atom stereocenters. The van der Waals surface area contributed by atoms with Gasteiger partial charge in [-0.3, -0.25) is 33.7 Å². The third-order valence-electron chi connectivity index (χ3n) is 5.96. The summed E-state index contributed by atoms with van der Waals surface area (Å²) in [7, 11) is 0. The van der Waals surface area contributed by atoms with E-state index in [4.69, 9.17) is 0 Å². The number of nitrogens with zero attached hydrogens (tertiary/aromatic N) is 1. The fourth-order valence-corrected chi connectivity index (χ4v) is 4.35. The van der Waals surface area contributed by atoms with Crippen molar-refractivity contribution in [3.05, 3.63) is 12.2 Å². The molecule has 1 aliphatic rings. The SMILES string of the molecule is CC(=O)CCCCCSCNC(=O)C(C)CC(=O)C(C)NC(=O)C(C)CC(=O)CCN1C(=O)C=CC1=O. The number of imide groups is 1. The first kappa shape index (κ1) is 32.2. The highest BCUT2D eigenvalue weighted by atomic mass is 32.2. The normalized spacial score (nSPS) is 15.3. The Labute approximate surface area is 222 Å². The number of thioether (sulfide) groups is 1. The summed E-state index contributed by atoms with van der Waals surface area (Å²) in [5.41, 5.74) is 0. The molecule has 0 bridgehead atoms. The van der Waals surface area contributed by atoms with Gasteiger partial charge in [-0.2, -0.15) is 0 Å². The molecule has 11 heteroatoms. The maximum absolute atomic E-state index is 12.5. The molecule has 1 rings (SSSR count). The first-order chi connectivity index (χ1) is 17.4. The van der Waals surface area contributed by atoms with Gasteiger partial charge >= 0.3 is 0 Å². The Morgan fingerprint density at radius 1 is 0.865 bits per heavy atom. The maximum Gasteiger partial charge on any atom is 0.253 e. The minimum absolute atomic E-state index is 0.0256. The number of amides is 4. The number of carbonyl (C=O) groups excluding carboxylic acids is 7. The van der Waals surface area contributed by atoms with Gasteiger partial charge in [-0.1, -0.05) is 20.3 Å². The van der Waals surface area contributed by atoms with Crippen LogP contribution in [0.1, 0.15) is 72.6 Å². The lowest BCUT2D eigenvalue weighted by Gasteiger charge is -2.19.